The second kappa shape index (κ2) is 6.39. The van der Waals surface area contributed by atoms with Gasteiger partial charge in [0, 0.05) is 4.47 Å². The van der Waals surface area contributed by atoms with Crippen molar-refractivity contribution in [1.29, 1.82) is 5.26 Å². The van der Waals surface area contributed by atoms with Crippen LogP contribution in [0.5, 0.6) is 0 Å². The van der Waals surface area contributed by atoms with Crippen molar-refractivity contribution in [1.82, 2.24) is 4.90 Å². The van der Waals surface area contributed by atoms with Gasteiger partial charge in [0.15, 0.2) is 0 Å². The zero-order valence-corrected chi connectivity index (χ0v) is 14.8. The quantitative estimate of drug-likeness (QED) is 0.894. The van der Waals surface area contributed by atoms with Crippen molar-refractivity contribution in [3.8, 4) is 6.07 Å². The lowest BCUT2D eigenvalue weighted by molar-refractivity contribution is -0.137. The van der Waals surface area contributed by atoms with Gasteiger partial charge in [-0.05, 0) is 51.3 Å². The van der Waals surface area contributed by atoms with E-state index in [1.54, 1.807) is 6.92 Å². The molecule has 1 amide bonds. The average molecular weight is 364 g/mol. The fourth-order valence-electron chi connectivity index (χ4n) is 3.18. The molecule has 1 aliphatic rings. The van der Waals surface area contributed by atoms with E-state index in [2.05, 4.69) is 22.0 Å². The average Bonchev–Trinajstić information content (AvgIpc) is 2.91. The van der Waals surface area contributed by atoms with E-state index in [-0.39, 0.29) is 18.0 Å². The number of amides is 1. The van der Waals surface area contributed by atoms with Crippen LogP contribution in [-0.4, -0.2) is 22.9 Å². The molecule has 5 heteroatoms. The Hall–Kier alpha value is -1.38. The first kappa shape index (κ1) is 17.0. The van der Waals surface area contributed by atoms with Gasteiger partial charge in [-0.2, -0.15) is 5.26 Å². The number of halogens is 1. The van der Waals surface area contributed by atoms with Crippen molar-refractivity contribution < 1.29 is 4.79 Å². The van der Waals surface area contributed by atoms with Gasteiger partial charge in [0.25, 0.3) is 0 Å². The van der Waals surface area contributed by atoms with E-state index in [1.807, 2.05) is 43.0 Å². The zero-order valence-electron chi connectivity index (χ0n) is 13.2. The molecule has 0 aromatic heterocycles. The third-order valence-electron chi connectivity index (χ3n) is 4.38. The van der Waals surface area contributed by atoms with Gasteiger partial charge in [-0.3, -0.25) is 4.79 Å². The minimum absolute atomic E-state index is 0.0198. The summed E-state index contributed by atoms with van der Waals surface area (Å²) in [6.07, 6.45) is 1.67. The summed E-state index contributed by atoms with van der Waals surface area (Å²) in [6, 6.07) is 9.65. The summed E-state index contributed by atoms with van der Waals surface area (Å²) in [7, 11) is 0. The number of hydrogen-bond donors (Lipinski definition) is 1. The molecule has 1 aromatic rings. The molecular formula is C17H22BrN3O. The topological polar surface area (TPSA) is 70.1 Å². The number of hydrogen-bond acceptors (Lipinski definition) is 3. The lowest BCUT2D eigenvalue weighted by atomic mass is 9.84. The minimum atomic E-state index is -0.592. The highest BCUT2D eigenvalue weighted by Gasteiger charge is 2.45. The predicted molar refractivity (Wildman–Crippen MR) is 89.8 cm³/mol. The molecule has 0 spiro atoms. The maximum atomic E-state index is 12.7. The van der Waals surface area contributed by atoms with Crippen molar-refractivity contribution in [2.24, 2.45) is 11.1 Å². The zero-order chi connectivity index (χ0) is 16.5. The molecule has 118 valence electrons. The SMILES string of the molecule is C[C@@H](N)C(=O)N1C(c2cccc(Br)c2)CCC1C(C)(C)C#N. The fraction of sp³-hybridized carbons (Fsp3) is 0.529. The second-order valence-electron chi connectivity index (χ2n) is 6.53. The molecule has 1 aliphatic heterocycles. The first-order chi connectivity index (χ1) is 10.3. The summed E-state index contributed by atoms with van der Waals surface area (Å²) >= 11 is 3.48. The van der Waals surface area contributed by atoms with E-state index in [0.717, 1.165) is 22.9 Å². The normalized spacial score (nSPS) is 23.2. The van der Waals surface area contributed by atoms with Crippen LogP contribution in [0.3, 0.4) is 0 Å². The van der Waals surface area contributed by atoms with Crippen LogP contribution in [0, 0.1) is 16.7 Å². The minimum Gasteiger partial charge on any atom is -0.330 e. The number of benzene rings is 1. The highest BCUT2D eigenvalue weighted by Crippen LogP contribution is 2.43. The molecule has 1 aromatic carbocycles. The monoisotopic (exact) mass is 363 g/mol. The summed E-state index contributed by atoms with van der Waals surface area (Å²) < 4.78 is 0.987. The van der Waals surface area contributed by atoms with Crippen LogP contribution in [0.1, 0.15) is 45.2 Å². The van der Waals surface area contributed by atoms with E-state index in [9.17, 15) is 10.1 Å². The highest BCUT2D eigenvalue weighted by atomic mass is 79.9. The summed E-state index contributed by atoms with van der Waals surface area (Å²) in [5, 5.41) is 9.47. The third-order valence-corrected chi connectivity index (χ3v) is 4.88. The molecule has 2 N–H and O–H groups in total. The van der Waals surface area contributed by atoms with Crippen LogP contribution in [0.25, 0.3) is 0 Å². The van der Waals surface area contributed by atoms with Gasteiger partial charge in [0.2, 0.25) is 5.91 Å². The summed E-state index contributed by atoms with van der Waals surface area (Å²) in [5.74, 6) is -0.0872. The van der Waals surface area contributed by atoms with Gasteiger partial charge in [-0.15, -0.1) is 0 Å². The maximum absolute atomic E-state index is 12.7. The van der Waals surface area contributed by atoms with Crippen LogP contribution in [0.15, 0.2) is 28.7 Å². The lowest BCUT2D eigenvalue weighted by Gasteiger charge is -2.37. The van der Waals surface area contributed by atoms with Gasteiger partial charge < -0.3 is 10.6 Å². The second-order valence-corrected chi connectivity index (χ2v) is 7.45. The molecule has 0 radical (unpaired) electrons. The first-order valence-electron chi connectivity index (χ1n) is 7.52. The van der Waals surface area contributed by atoms with Crippen molar-refractivity contribution in [2.75, 3.05) is 0 Å². The van der Waals surface area contributed by atoms with E-state index in [0.29, 0.717) is 0 Å². The number of likely N-dealkylation sites (tertiary alicyclic amines) is 1. The molecule has 0 aliphatic carbocycles. The Morgan fingerprint density at radius 1 is 1.50 bits per heavy atom. The Labute approximate surface area is 140 Å². The van der Waals surface area contributed by atoms with Crippen molar-refractivity contribution in [3.05, 3.63) is 34.3 Å². The number of nitrogens with two attached hydrogens (primary N) is 1. The van der Waals surface area contributed by atoms with Crippen LogP contribution in [0.2, 0.25) is 0 Å². The summed E-state index contributed by atoms with van der Waals surface area (Å²) in [6.45, 7) is 5.49. The van der Waals surface area contributed by atoms with Crippen LogP contribution in [-0.2, 0) is 4.79 Å². The van der Waals surface area contributed by atoms with Crippen LogP contribution < -0.4 is 5.73 Å². The number of rotatable bonds is 3. The Balaban J connectivity index is 2.43. The molecule has 1 heterocycles. The molecule has 3 atom stereocenters. The number of carbonyl (C=O) groups excluding carboxylic acids is 1. The van der Waals surface area contributed by atoms with Crippen LogP contribution in [0.4, 0.5) is 0 Å². The lowest BCUT2D eigenvalue weighted by Crippen LogP contribution is -2.50. The van der Waals surface area contributed by atoms with Crippen molar-refractivity contribution in [2.45, 2.75) is 51.7 Å². The van der Waals surface area contributed by atoms with Gasteiger partial charge in [0.1, 0.15) is 0 Å². The maximum Gasteiger partial charge on any atom is 0.240 e. The van der Waals surface area contributed by atoms with Gasteiger partial charge in [0.05, 0.1) is 29.6 Å². The largest absolute Gasteiger partial charge is 0.330 e. The molecule has 2 rings (SSSR count). The van der Waals surface area contributed by atoms with E-state index >= 15 is 0 Å². The molecule has 0 saturated carbocycles. The Morgan fingerprint density at radius 2 is 2.18 bits per heavy atom. The van der Waals surface area contributed by atoms with Crippen LogP contribution >= 0.6 is 15.9 Å². The Bertz CT molecular complexity index is 606. The van der Waals surface area contributed by atoms with Gasteiger partial charge in [-0.1, -0.05) is 28.1 Å². The first-order valence-corrected chi connectivity index (χ1v) is 8.31. The number of nitriles is 1. The molecule has 4 nitrogen and oxygen atoms in total. The predicted octanol–water partition coefficient (Wildman–Crippen LogP) is 3.38. The third kappa shape index (κ3) is 3.18. The number of carbonyl (C=O) groups is 1. The Morgan fingerprint density at radius 3 is 2.73 bits per heavy atom. The molecule has 0 bridgehead atoms. The van der Waals surface area contributed by atoms with E-state index in [4.69, 9.17) is 5.73 Å². The molecule has 1 fully saturated rings. The smallest absolute Gasteiger partial charge is 0.240 e. The van der Waals surface area contributed by atoms with Gasteiger partial charge in [-0.25, -0.2) is 0 Å². The fourth-order valence-corrected chi connectivity index (χ4v) is 3.59. The van der Waals surface area contributed by atoms with Crippen molar-refractivity contribution in [3.63, 3.8) is 0 Å². The molecule has 2 unspecified atom stereocenters. The van der Waals surface area contributed by atoms with Crippen molar-refractivity contribution >= 4 is 21.8 Å². The highest BCUT2D eigenvalue weighted by molar-refractivity contribution is 9.10. The molecule has 1 saturated heterocycles. The summed E-state index contributed by atoms with van der Waals surface area (Å²) in [4.78, 5) is 14.5. The standard InChI is InChI=1S/C17H22BrN3O/c1-11(20)16(22)21-14(12-5-4-6-13(18)9-12)7-8-15(21)17(2,3)10-19/h4-6,9,11,14-15H,7-8,20H2,1-3H3/t11-,14?,15?/m1/s1. The van der Waals surface area contributed by atoms with E-state index in [1.165, 1.54) is 0 Å². The summed E-state index contributed by atoms with van der Waals surface area (Å²) in [5.41, 5.74) is 6.34. The number of nitrogens with zero attached hydrogens (tertiary/aromatic N) is 2. The van der Waals surface area contributed by atoms with E-state index < -0.39 is 11.5 Å². The Kier molecular flexibility index (Phi) is 4.93. The van der Waals surface area contributed by atoms with Gasteiger partial charge >= 0.3 is 0 Å². The molecule has 22 heavy (non-hydrogen) atoms. The molecular weight excluding hydrogens is 342 g/mol.